The van der Waals surface area contributed by atoms with Gasteiger partial charge < -0.3 is 9.63 Å². The summed E-state index contributed by atoms with van der Waals surface area (Å²) in [5.41, 5.74) is 5.51. The first kappa shape index (κ1) is 23.9. The fourth-order valence-corrected chi connectivity index (χ4v) is 4.72. The third kappa shape index (κ3) is 5.23. The zero-order valence-corrected chi connectivity index (χ0v) is 20.0. The molecule has 0 amide bonds. The molecule has 0 radical (unpaired) electrons. The quantitative estimate of drug-likeness (QED) is 0.269. The molecule has 0 bridgehead atoms. The van der Waals surface area contributed by atoms with Crippen molar-refractivity contribution >= 4 is 5.97 Å². The Morgan fingerprint density at radius 3 is 2.19 bits per heavy atom. The van der Waals surface area contributed by atoms with Crippen LogP contribution in [0.15, 0.2) is 83.4 Å². The van der Waals surface area contributed by atoms with Gasteiger partial charge in [0.25, 0.3) is 5.92 Å². The van der Waals surface area contributed by atoms with Gasteiger partial charge in [0, 0.05) is 24.0 Å². The fraction of sp³-hybridized carbons (Fsp3) is 0.267. The first-order valence-electron chi connectivity index (χ1n) is 12.1. The van der Waals surface area contributed by atoms with Crippen LogP contribution in [0.5, 0.6) is 0 Å². The molecule has 1 saturated carbocycles. The van der Waals surface area contributed by atoms with Gasteiger partial charge in [0.2, 0.25) is 0 Å². The monoisotopic (exact) mass is 487 g/mol. The maximum Gasteiger partial charge on any atom is 0.307 e. The van der Waals surface area contributed by atoms with E-state index in [9.17, 15) is 13.6 Å². The minimum absolute atomic E-state index is 0.0952. The molecule has 184 valence electrons. The molecule has 4 aromatic rings. The molecule has 2 atom stereocenters. The van der Waals surface area contributed by atoms with Crippen LogP contribution in [0.3, 0.4) is 0 Å². The molecule has 1 heterocycles. The van der Waals surface area contributed by atoms with Gasteiger partial charge in [-0.3, -0.25) is 4.79 Å². The van der Waals surface area contributed by atoms with Crippen molar-refractivity contribution in [2.45, 2.75) is 44.4 Å². The molecule has 4 nitrogen and oxygen atoms in total. The van der Waals surface area contributed by atoms with E-state index in [-0.39, 0.29) is 18.3 Å². The summed E-state index contributed by atoms with van der Waals surface area (Å²) in [5, 5.41) is 13.1. The summed E-state index contributed by atoms with van der Waals surface area (Å²) >= 11 is 0. The Morgan fingerprint density at radius 1 is 0.972 bits per heavy atom. The Labute approximate surface area is 208 Å². The van der Waals surface area contributed by atoms with Crippen LogP contribution in [0.25, 0.3) is 22.5 Å². The number of hydrogen-bond acceptors (Lipinski definition) is 3. The first-order valence-corrected chi connectivity index (χ1v) is 12.1. The third-order valence-electron chi connectivity index (χ3n) is 6.97. The van der Waals surface area contributed by atoms with Crippen LogP contribution in [0, 0.1) is 12.8 Å². The predicted octanol–water partition coefficient (Wildman–Crippen LogP) is 7.32. The molecular weight excluding hydrogens is 460 g/mol. The number of aromatic nitrogens is 1. The summed E-state index contributed by atoms with van der Waals surface area (Å²) in [7, 11) is 0. The molecule has 0 aliphatic heterocycles. The number of carbonyl (C=O) groups is 1. The molecule has 1 fully saturated rings. The van der Waals surface area contributed by atoms with E-state index in [4.69, 9.17) is 9.63 Å². The van der Waals surface area contributed by atoms with Gasteiger partial charge in [-0.2, -0.15) is 0 Å². The molecule has 6 heteroatoms. The topological polar surface area (TPSA) is 63.3 Å². The van der Waals surface area contributed by atoms with E-state index in [2.05, 4.69) is 5.16 Å². The third-order valence-corrected chi connectivity index (χ3v) is 6.97. The minimum atomic E-state index is -2.89. The summed E-state index contributed by atoms with van der Waals surface area (Å²) in [4.78, 5) is 11.1. The van der Waals surface area contributed by atoms with E-state index < -0.39 is 18.3 Å². The van der Waals surface area contributed by atoms with Crippen LogP contribution in [-0.4, -0.2) is 22.2 Å². The Morgan fingerprint density at radius 2 is 1.58 bits per heavy atom. The Kier molecular flexibility index (Phi) is 6.44. The first-order chi connectivity index (χ1) is 17.3. The number of hydrogen-bond donors (Lipinski definition) is 1. The van der Waals surface area contributed by atoms with Crippen molar-refractivity contribution in [3.8, 4) is 22.5 Å². The number of nitrogens with zero attached hydrogens (tertiary/aromatic N) is 1. The lowest BCUT2D eigenvalue weighted by atomic mass is 9.96. The number of aliphatic carboxylic acids is 1. The lowest BCUT2D eigenvalue weighted by molar-refractivity contribution is -0.138. The van der Waals surface area contributed by atoms with Crippen molar-refractivity contribution in [3.63, 3.8) is 0 Å². The van der Waals surface area contributed by atoms with Gasteiger partial charge in [-0.25, -0.2) is 8.78 Å². The zero-order valence-electron chi connectivity index (χ0n) is 20.0. The van der Waals surface area contributed by atoms with Gasteiger partial charge in [0.15, 0.2) is 5.76 Å². The van der Waals surface area contributed by atoms with Crippen molar-refractivity contribution in [2.75, 3.05) is 0 Å². The molecule has 0 saturated heterocycles. The lowest BCUT2D eigenvalue weighted by Crippen LogP contribution is -2.21. The van der Waals surface area contributed by atoms with E-state index >= 15 is 0 Å². The molecular formula is C30H27F2NO3. The number of carboxylic acids is 1. The van der Waals surface area contributed by atoms with E-state index in [0.717, 1.165) is 22.3 Å². The van der Waals surface area contributed by atoms with Crippen molar-refractivity contribution in [1.29, 1.82) is 0 Å². The van der Waals surface area contributed by atoms with Crippen molar-refractivity contribution in [3.05, 3.63) is 101 Å². The number of carboxylic acid groups (broad SMARTS) is 1. The number of alkyl halides is 2. The molecule has 1 aliphatic carbocycles. The Hall–Kier alpha value is -3.80. The van der Waals surface area contributed by atoms with Crippen molar-refractivity contribution < 1.29 is 23.2 Å². The summed E-state index contributed by atoms with van der Waals surface area (Å²) in [5.74, 6) is -3.43. The average molecular weight is 488 g/mol. The van der Waals surface area contributed by atoms with Crippen LogP contribution in [-0.2, 0) is 17.6 Å². The van der Waals surface area contributed by atoms with E-state index in [0.29, 0.717) is 35.4 Å². The highest BCUT2D eigenvalue weighted by molar-refractivity contribution is 5.75. The summed E-state index contributed by atoms with van der Waals surface area (Å²) in [6.45, 7) is 1.69. The molecule has 5 rings (SSSR count). The smallest absolute Gasteiger partial charge is 0.307 e. The highest BCUT2D eigenvalue weighted by Crippen LogP contribution is 2.47. The average Bonchev–Trinajstić information content (AvgIpc) is 3.62. The highest BCUT2D eigenvalue weighted by atomic mass is 19.3. The van der Waals surface area contributed by atoms with Crippen LogP contribution < -0.4 is 0 Å². The second-order valence-corrected chi connectivity index (χ2v) is 9.58. The number of rotatable bonds is 9. The molecule has 1 aromatic heterocycles. The van der Waals surface area contributed by atoms with Crippen LogP contribution in [0.2, 0.25) is 0 Å². The lowest BCUT2D eigenvalue weighted by Gasteiger charge is -2.16. The normalized spacial score (nSPS) is 17.2. The van der Waals surface area contributed by atoms with Gasteiger partial charge in [0.1, 0.15) is 0 Å². The second kappa shape index (κ2) is 9.69. The minimum Gasteiger partial charge on any atom is -0.481 e. The van der Waals surface area contributed by atoms with Crippen LogP contribution in [0.4, 0.5) is 8.78 Å². The maximum atomic E-state index is 14.9. The Bertz CT molecular complexity index is 1350. The van der Waals surface area contributed by atoms with E-state index in [1.54, 1.807) is 6.92 Å². The van der Waals surface area contributed by atoms with Gasteiger partial charge in [0.05, 0.1) is 11.6 Å². The SMILES string of the molecule is Cc1noc(-c2ccc(-c3ccc([C@H]4C[C@H]4C(=O)O)cc3)cc2)c1CC(F)(F)CCc1ccccc1. The number of benzene rings is 3. The Balaban J connectivity index is 1.29. The largest absolute Gasteiger partial charge is 0.481 e. The standard InChI is InChI=1S/C30H27F2NO3/c1-19-27(18-30(31,32)16-15-20-5-3-2-4-6-20)28(36-33-19)24-13-9-22(10-14-24)21-7-11-23(12-8-21)25-17-26(25)29(34)35/h2-14,25-26H,15-18H2,1H3,(H,34,35)/t25-,26-/m1/s1. The fourth-order valence-electron chi connectivity index (χ4n) is 4.72. The molecule has 36 heavy (non-hydrogen) atoms. The van der Waals surface area contributed by atoms with Crippen molar-refractivity contribution in [1.82, 2.24) is 5.16 Å². The van der Waals surface area contributed by atoms with Crippen LogP contribution >= 0.6 is 0 Å². The zero-order chi connectivity index (χ0) is 25.3. The number of aryl methyl sites for hydroxylation is 2. The van der Waals surface area contributed by atoms with Gasteiger partial charge >= 0.3 is 5.97 Å². The second-order valence-electron chi connectivity index (χ2n) is 9.58. The summed E-state index contributed by atoms with van der Waals surface area (Å²) in [6, 6.07) is 24.8. The highest BCUT2D eigenvalue weighted by Gasteiger charge is 2.44. The van der Waals surface area contributed by atoms with Gasteiger partial charge in [-0.1, -0.05) is 84.0 Å². The van der Waals surface area contributed by atoms with Gasteiger partial charge in [-0.05, 0) is 47.9 Å². The molecule has 0 spiro atoms. The molecule has 1 aliphatic rings. The van der Waals surface area contributed by atoms with E-state index in [1.165, 1.54) is 0 Å². The molecule has 3 aromatic carbocycles. The van der Waals surface area contributed by atoms with Gasteiger partial charge in [-0.15, -0.1) is 0 Å². The summed E-state index contributed by atoms with van der Waals surface area (Å²) < 4.78 is 35.3. The number of halogens is 2. The predicted molar refractivity (Wildman–Crippen MR) is 134 cm³/mol. The molecule has 1 N–H and O–H groups in total. The summed E-state index contributed by atoms with van der Waals surface area (Å²) in [6.07, 6.45) is 0.322. The maximum absolute atomic E-state index is 14.9. The van der Waals surface area contributed by atoms with E-state index in [1.807, 2.05) is 78.9 Å². The van der Waals surface area contributed by atoms with Crippen molar-refractivity contribution in [2.24, 2.45) is 5.92 Å². The molecule has 0 unspecified atom stereocenters. The van der Waals surface area contributed by atoms with Crippen LogP contribution in [0.1, 0.15) is 41.1 Å².